The summed E-state index contributed by atoms with van der Waals surface area (Å²) >= 11 is 3.46. The Labute approximate surface area is 113 Å². The van der Waals surface area contributed by atoms with Crippen molar-refractivity contribution in [2.75, 3.05) is 0 Å². The predicted octanol–water partition coefficient (Wildman–Crippen LogP) is 3.18. The second kappa shape index (κ2) is 5.64. The number of carbonyl (C=O) groups is 1. The van der Waals surface area contributed by atoms with E-state index in [1.807, 2.05) is 30.3 Å². The molecule has 0 aliphatic rings. The first kappa shape index (κ1) is 12.6. The minimum absolute atomic E-state index is 0.219. The summed E-state index contributed by atoms with van der Waals surface area (Å²) in [6.45, 7) is 1.39. The maximum absolute atomic E-state index is 10.6. The van der Waals surface area contributed by atoms with Crippen LogP contribution in [-0.4, -0.2) is 12.1 Å². The van der Waals surface area contributed by atoms with Gasteiger partial charge < -0.3 is 4.42 Å². The minimum atomic E-state index is -0.219. The van der Waals surface area contributed by atoms with Crippen LogP contribution in [0.2, 0.25) is 0 Å². The van der Waals surface area contributed by atoms with Crippen LogP contribution < -0.4 is 5.43 Å². The van der Waals surface area contributed by atoms with E-state index < -0.39 is 0 Å². The fraction of sp³-hybridized carbons (Fsp3) is 0.0769. The van der Waals surface area contributed by atoms with Gasteiger partial charge in [-0.1, -0.05) is 34.1 Å². The normalized spacial score (nSPS) is 10.8. The molecule has 18 heavy (non-hydrogen) atoms. The Bertz CT molecular complexity index is 590. The average Bonchev–Trinajstić information content (AvgIpc) is 2.78. The van der Waals surface area contributed by atoms with Crippen LogP contribution in [0.4, 0.5) is 0 Å². The molecule has 0 atom stereocenters. The number of halogens is 1. The monoisotopic (exact) mass is 306 g/mol. The lowest BCUT2D eigenvalue weighted by atomic mass is 10.2. The Balaban J connectivity index is 2.18. The van der Waals surface area contributed by atoms with Gasteiger partial charge in [-0.05, 0) is 18.2 Å². The second-order valence-corrected chi connectivity index (χ2v) is 4.46. The molecule has 1 aromatic heterocycles. The highest BCUT2D eigenvalue weighted by molar-refractivity contribution is 9.10. The molecule has 92 valence electrons. The topological polar surface area (TPSA) is 54.6 Å². The van der Waals surface area contributed by atoms with Gasteiger partial charge in [0.15, 0.2) is 0 Å². The Morgan fingerprint density at radius 1 is 1.33 bits per heavy atom. The number of hydrogen-bond acceptors (Lipinski definition) is 3. The third-order valence-corrected chi connectivity index (χ3v) is 2.87. The summed E-state index contributed by atoms with van der Waals surface area (Å²) in [4.78, 5) is 10.6. The summed E-state index contributed by atoms with van der Waals surface area (Å²) in [6.07, 6.45) is 1.46. The highest BCUT2D eigenvalue weighted by Crippen LogP contribution is 2.28. The minimum Gasteiger partial charge on any atom is -0.455 e. The summed E-state index contributed by atoms with van der Waals surface area (Å²) in [7, 11) is 0. The number of nitrogens with zero attached hydrogens (tertiary/aromatic N) is 1. The van der Waals surface area contributed by atoms with Crippen LogP contribution in [0.5, 0.6) is 0 Å². The molecule has 0 saturated heterocycles. The summed E-state index contributed by atoms with van der Waals surface area (Å²) in [5.41, 5.74) is 3.28. The van der Waals surface area contributed by atoms with Crippen molar-refractivity contribution in [3.63, 3.8) is 0 Å². The molecule has 0 radical (unpaired) electrons. The number of nitrogens with one attached hydrogen (secondary N) is 1. The van der Waals surface area contributed by atoms with Crippen LogP contribution in [-0.2, 0) is 4.79 Å². The van der Waals surface area contributed by atoms with Crippen molar-refractivity contribution in [1.29, 1.82) is 0 Å². The summed E-state index contributed by atoms with van der Waals surface area (Å²) in [5.74, 6) is 1.10. The Hall–Kier alpha value is -1.88. The summed E-state index contributed by atoms with van der Waals surface area (Å²) < 4.78 is 6.56. The fourth-order valence-corrected chi connectivity index (χ4v) is 1.89. The number of carbonyl (C=O) groups excluding carboxylic acids is 1. The fourth-order valence-electron chi connectivity index (χ4n) is 1.41. The SMILES string of the molecule is CC(=O)N/N=C\c1ccc(-c2ccccc2Br)o1. The molecular weight excluding hydrogens is 296 g/mol. The lowest BCUT2D eigenvalue weighted by molar-refractivity contribution is -0.118. The van der Waals surface area contributed by atoms with Crippen LogP contribution in [0.15, 0.2) is 50.4 Å². The van der Waals surface area contributed by atoms with Gasteiger partial charge in [0.1, 0.15) is 11.5 Å². The Kier molecular flexibility index (Phi) is 3.94. The summed E-state index contributed by atoms with van der Waals surface area (Å²) in [5, 5.41) is 3.74. The average molecular weight is 307 g/mol. The van der Waals surface area contributed by atoms with Crippen molar-refractivity contribution in [1.82, 2.24) is 5.43 Å². The van der Waals surface area contributed by atoms with E-state index in [-0.39, 0.29) is 5.91 Å². The van der Waals surface area contributed by atoms with Gasteiger partial charge in [-0.15, -0.1) is 0 Å². The molecule has 2 rings (SSSR count). The van der Waals surface area contributed by atoms with Crippen LogP contribution in [0.1, 0.15) is 12.7 Å². The molecule has 0 aliphatic carbocycles. The van der Waals surface area contributed by atoms with Gasteiger partial charge in [-0.25, -0.2) is 5.43 Å². The molecule has 1 heterocycles. The lowest BCUT2D eigenvalue weighted by Crippen LogP contribution is -2.12. The molecule has 0 spiro atoms. The van der Waals surface area contributed by atoms with E-state index in [1.165, 1.54) is 13.1 Å². The van der Waals surface area contributed by atoms with Crippen LogP contribution in [0.3, 0.4) is 0 Å². The molecule has 0 bridgehead atoms. The van der Waals surface area contributed by atoms with Crippen molar-refractivity contribution in [2.45, 2.75) is 6.92 Å². The molecule has 1 N–H and O–H groups in total. The zero-order chi connectivity index (χ0) is 13.0. The van der Waals surface area contributed by atoms with Crippen LogP contribution in [0, 0.1) is 0 Å². The van der Waals surface area contributed by atoms with Crippen LogP contribution in [0.25, 0.3) is 11.3 Å². The van der Waals surface area contributed by atoms with Gasteiger partial charge >= 0.3 is 0 Å². The number of rotatable bonds is 3. The van der Waals surface area contributed by atoms with E-state index in [9.17, 15) is 4.79 Å². The molecule has 5 heteroatoms. The Morgan fingerprint density at radius 2 is 2.11 bits per heavy atom. The molecule has 0 saturated carbocycles. The number of benzene rings is 1. The zero-order valence-corrected chi connectivity index (χ0v) is 11.3. The molecule has 1 amide bonds. The standard InChI is InChI=1S/C13H11BrN2O2/c1-9(17)16-15-8-10-6-7-13(18-10)11-4-2-3-5-12(11)14/h2-8H,1H3,(H,16,17)/b15-8-. The largest absolute Gasteiger partial charge is 0.455 e. The maximum atomic E-state index is 10.6. The van der Waals surface area contributed by atoms with Gasteiger partial charge in [0.05, 0.1) is 6.21 Å². The van der Waals surface area contributed by atoms with Gasteiger partial charge in [-0.3, -0.25) is 4.79 Å². The van der Waals surface area contributed by atoms with Crippen molar-refractivity contribution in [2.24, 2.45) is 5.10 Å². The first-order chi connectivity index (χ1) is 8.66. The molecular formula is C13H11BrN2O2. The Morgan fingerprint density at radius 3 is 2.83 bits per heavy atom. The first-order valence-electron chi connectivity index (χ1n) is 5.31. The van der Waals surface area contributed by atoms with E-state index in [1.54, 1.807) is 6.07 Å². The molecule has 1 aromatic carbocycles. The molecule has 4 nitrogen and oxygen atoms in total. The van der Waals surface area contributed by atoms with E-state index in [0.29, 0.717) is 5.76 Å². The highest BCUT2D eigenvalue weighted by Gasteiger charge is 2.06. The van der Waals surface area contributed by atoms with Gasteiger partial charge in [0.25, 0.3) is 0 Å². The van der Waals surface area contributed by atoms with Gasteiger partial charge in [-0.2, -0.15) is 5.10 Å². The smallest absolute Gasteiger partial charge is 0.236 e. The van der Waals surface area contributed by atoms with Crippen molar-refractivity contribution in [3.05, 3.63) is 46.6 Å². The van der Waals surface area contributed by atoms with E-state index in [0.717, 1.165) is 15.8 Å². The van der Waals surface area contributed by atoms with Gasteiger partial charge in [0.2, 0.25) is 5.91 Å². The second-order valence-electron chi connectivity index (χ2n) is 3.61. The van der Waals surface area contributed by atoms with Crippen molar-refractivity contribution in [3.8, 4) is 11.3 Å². The third-order valence-electron chi connectivity index (χ3n) is 2.18. The summed E-state index contributed by atoms with van der Waals surface area (Å²) in [6, 6.07) is 11.4. The quantitative estimate of drug-likeness (QED) is 0.699. The number of hydrazone groups is 1. The predicted molar refractivity (Wildman–Crippen MR) is 73.3 cm³/mol. The molecule has 0 aliphatic heterocycles. The third kappa shape index (κ3) is 3.07. The highest BCUT2D eigenvalue weighted by atomic mass is 79.9. The lowest BCUT2D eigenvalue weighted by Gasteiger charge is -1.99. The molecule has 2 aromatic rings. The van der Waals surface area contributed by atoms with E-state index in [2.05, 4.69) is 26.5 Å². The zero-order valence-electron chi connectivity index (χ0n) is 9.68. The van der Waals surface area contributed by atoms with E-state index >= 15 is 0 Å². The van der Waals surface area contributed by atoms with Crippen LogP contribution >= 0.6 is 15.9 Å². The van der Waals surface area contributed by atoms with E-state index in [4.69, 9.17) is 4.42 Å². The molecule has 0 unspecified atom stereocenters. The molecule has 0 fully saturated rings. The number of hydrogen-bond donors (Lipinski definition) is 1. The van der Waals surface area contributed by atoms with Crippen molar-refractivity contribution < 1.29 is 9.21 Å². The maximum Gasteiger partial charge on any atom is 0.236 e. The van der Waals surface area contributed by atoms with Gasteiger partial charge in [0, 0.05) is 17.0 Å². The van der Waals surface area contributed by atoms with Crippen molar-refractivity contribution >= 4 is 28.1 Å². The number of furan rings is 1. The first-order valence-corrected chi connectivity index (χ1v) is 6.10. The number of amides is 1.